The first-order valence-corrected chi connectivity index (χ1v) is 7.02. The molecule has 13 heteroatoms. The lowest BCUT2D eigenvalue weighted by Gasteiger charge is -2.15. The van der Waals surface area contributed by atoms with Gasteiger partial charge in [-0.3, -0.25) is 4.52 Å². The van der Waals surface area contributed by atoms with E-state index in [2.05, 4.69) is 9.05 Å². The van der Waals surface area contributed by atoms with Crippen LogP contribution in [-0.2, 0) is 9.09 Å². The van der Waals surface area contributed by atoms with Crippen molar-refractivity contribution >= 4 is 18.2 Å². The molecule has 0 saturated heterocycles. The number of halogens is 9. The van der Waals surface area contributed by atoms with E-state index in [9.17, 15) is 39.7 Å². The molecular formula is C8H2ClF8O3P. The number of benzene rings is 1. The van der Waals surface area contributed by atoms with Crippen LogP contribution in [0.3, 0.4) is 0 Å². The second kappa shape index (κ2) is 5.98. The quantitative estimate of drug-likeness (QED) is 0.337. The summed E-state index contributed by atoms with van der Waals surface area (Å²) >= 11 is 4.80. The Hall–Kier alpha value is -1.06. The minimum absolute atomic E-state index is 2.12. The minimum Gasteiger partial charge on any atom is -0.407 e. The zero-order valence-electron chi connectivity index (χ0n) is 9.28. The highest BCUT2D eigenvalue weighted by molar-refractivity contribution is 7.81. The van der Waals surface area contributed by atoms with E-state index in [0.717, 1.165) is 0 Å². The van der Waals surface area contributed by atoms with E-state index < -0.39 is 54.6 Å². The van der Waals surface area contributed by atoms with Crippen LogP contribution in [0.4, 0.5) is 35.1 Å². The van der Waals surface area contributed by atoms with E-state index in [1.807, 2.05) is 0 Å². The molecular weight excluding hydrogens is 362 g/mol. The lowest BCUT2D eigenvalue weighted by Crippen LogP contribution is -2.16. The molecule has 0 saturated carbocycles. The third kappa shape index (κ3) is 4.45. The van der Waals surface area contributed by atoms with Crippen molar-refractivity contribution in [2.75, 3.05) is 6.61 Å². The monoisotopic (exact) mass is 364 g/mol. The zero-order chi connectivity index (χ0) is 16.6. The van der Waals surface area contributed by atoms with Gasteiger partial charge in [0.15, 0.2) is 6.61 Å². The molecule has 1 unspecified atom stereocenters. The van der Waals surface area contributed by atoms with Crippen LogP contribution in [0.25, 0.3) is 0 Å². The Morgan fingerprint density at radius 2 is 1.29 bits per heavy atom. The van der Waals surface area contributed by atoms with Crippen molar-refractivity contribution < 1.29 is 48.7 Å². The van der Waals surface area contributed by atoms with Gasteiger partial charge in [-0.2, -0.15) is 22.0 Å². The first-order chi connectivity index (χ1) is 9.36. The van der Waals surface area contributed by atoms with Gasteiger partial charge in [0.05, 0.1) is 0 Å². The van der Waals surface area contributed by atoms with Crippen LogP contribution < -0.4 is 4.52 Å². The average Bonchev–Trinajstić information content (AvgIpc) is 2.36. The van der Waals surface area contributed by atoms with Crippen LogP contribution in [0.5, 0.6) is 5.75 Å². The maximum absolute atomic E-state index is 13.1. The highest BCUT2D eigenvalue weighted by Gasteiger charge is 2.37. The fourth-order valence-electron chi connectivity index (χ4n) is 0.951. The van der Waals surface area contributed by atoms with Crippen molar-refractivity contribution in [1.29, 1.82) is 0 Å². The van der Waals surface area contributed by atoms with Crippen molar-refractivity contribution in [3.05, 3.63) is 29.1 Å². The molecule has 21 heavy (non-hydrogen) atoms. The average molecular weight is 365 g/mol. The molecule has 0 aromatic heterocycles. The third-order valence-corrected chi connectivity index (χ3v) is 3.09. The summed E-state index contributed by atoms with van der Waals surface area (Å²) in [6.07, 6.45) is -5.02. The predicted octanol–water partition coefficient (Wildman–Crippen LogP) is 4.69. The van der Waals surface area contributed by atoms with Gasteiger partial charge in [-0.25, -0.2) is 17.7 Å². The summed E-state index contributed by atoms with van der Waals surface area (Å²) in [4.78, 5) is 0. The SMILES string of the molecule is O=P(Cl)(OCC(F)(F)F)Oc1c(F)c(F)c(F)c(F)c1F. The summed E-state index contributed by atoms with van der Waals surface area (Å²) in [6.45, 7) is -7.54. The molecule has 0 aliphatic carbocycles. The smallest absolute Gasteiger partial charge is 0.407 e. The first kappa shape index (κ1) is 18.0. The molecule has 1 aromatic carbocycles. The highest BCUT2D eigenvalue weighted by Crippen LogP contribution is 2.55. The van der Waals surface area contributed by atoms with Crippen molar-refractivity contribution in [2.24, 2.45) is 0 Å². The normalized spacial score (nSPS) is 14.9. The van der Waals surface area contributed by atoms with Crippen LogP contribution in [0.2, 0.25) is 0 Å². The molecule has 1 rings (SSSR count). The Kier molecular flexibility index (Phi) is 5.12. The van der Waals surface area contributed by atoms with Gasteiger partial charge < -0.3 is 4.52 Å². The van der Waals surface area contributed by atoms with Gasteiger partial charge in [-0.05, 0) is 0 Å². The van der Waals surface area contributed by atoms with Gasteiger partial charge in [0, 0.05) is 11.2 Å². The largest absolute Gasteiger partial charge is 0.477 e. The topological polar surface area (TPSA) is 35.5 Å². The number of alkyl halides is 3. The number of rotatable bonds is 4. The molecule has 0 aliphatic rings. The van der Waals surface area contributed by atoms with Crippen molar-refractivity contribution in [3.63, 3.8) is 0 Å². The van der Waals surface area contributed by atoms with Crippen molar-refractivity contribution in [2.45, 2.75) is 6.18 Å². The predicted molar refractivity (Wildman–Crippen MR) is 52.3 cm³/mol. The van der Waals surface area contributed by atoms with E-state index in [1.165, 1.54) is 0 Å². The highest BCUT2D eigenvalue weighted by atomic mass is 35.7. The molecule has 0 heterocycles. The molecule has 120 valence electrons. The van der Waals surface area contributed by atoms with E-state index in [1.54, 1.807) is 0 Å². The summed E-state index contributed by atoms with van der Waals surface area (Å²) in [5.41, 5.74) is 0. The molecule has 0 fully saturated rings. The number of hydrogen-bond donors (Lipinski definition) is 0. The van der Waals surface area contributed by atoms with E-state index >= 15 is 0 Å². The summed E-state index contributed by atoms with van der Waals surface area (Å²) in [5.74, 6) is -14.7. The molecule has 1 atom stereocenters. The number of hydrogen-bond acceptors (Lipinski definition) is 3. The Labute approximate surface area is 115 Å². The second-order valence-corrected chi connectivity index (χ2v) is 5.85. The zero-order valence-corrected chi connectivity index (χ0v) is 10.9. The van der Waals surface area contributed by atoms with Crippen molar-refractivity contribution in [1.82, 2.24) is 0 Å². The van der Waals surface area contributed by atoms with Crippen LogP contribution in [-0.4, -0.2) is 12.8 Å². The molecule has 0 amide bonds. The third-order valence-electron chi connectivity index (χ3n) is 1.75. The first-order valence-electron chi connectivity index (χ1n) is 4.57. The molecule has 0 aliphatic heterocycles. The van der Waals surface area contributed by atoms with Gasteiger partial charge in [0.25, 0.3) is 0 Å². The lowest BCUT2D eigenvalue weighted by atomic mass is 10.3. The molecule has 0 bridgehead atoms. The van der Waals surface area contributed by atoms with E-state index in [0.29, 0.717) is 0 Å². The standard InChI is InChI=1S/C8H2ClF8O3P/c9-21(18,19-1-8(15,16)17)20-7-5(13)3(11)2(10)4(12)6(7)14/h1H2. The summed E-state index contributed by atoms with van der Waals surface area (Å²) < 4.78 is 118. The van der Waals surface area contributed by atoms with Crippen LogP contribution in [0.1, 0.15) is 0 Å². The van der Waals surface area contributed by atoms with Gasteiger partial charge in [-0.15, -0.1) is 0 Å². The maximum Gasteiger partial charge on any atom is 0.477 e. The summed E-state index contributed by atoms with van der Waals surface area (Å²) in [7, 11) is 0. The Morgan fingerprint density at radius 1 is 0.905 bits per heavy atom. The summed E-state index contributed by atoms with van der Waals surface area (Å²) in [6, 6.07) is 0. The van der Waals surface area contributed by atoms with E-state index in [4.69, 9.17) is 11.2 Å². The molecule has 0 N–H and O–H groups in total. The van der Waals surface area contributed by atoms with Crippen molar-refractivity contribution in [3.8, 4) is 5.75 Å². The fourth-order valence-corrected chi connectivity index (χ4v) is 2.04. The van der Waals surface area contributed by atoms with Gasteiger partial charge >= 0.3 is 13.1 Å². The molecule has 0 radical (unpaired) electrons. The Morgan fingerprint density at radius 3 is 1.67 bits per heavy atom. The van der Waals surface area contributed by atoms with E-state index in [-0.39, 0.29) is 0 Å². The Balaban J connectivity index is 3.11. The van der Waals surface area contributed by atoms with Crippen LogP contribution in [0.15, 0.2) is 0 Å². The second-order valence-electron chi connectivity index (χ2n) is 3.31. The van der Waals surface area contributed by atoms with Crippen LogP contribution >= 0.6 is 18.2 Å². The Bertz CT molecular complexity index is 575. The lowest BCUT2D eigenvalue weighted by molar-refractivity contribution is -0.154. The fraction of sp³-hybridized carbons (Fsp3) is 0.250. The minimum atomic E-state index is -5.30. The van der Waals surface area contributed by atoms with Gasteiger partial charge in [0.2, 0.25) is 34.8 Å². The molecule has 3 nitrogen and oxygen atoms in total. The van der Waals surface area contributed by atoms with Crippen LogP contribution in [0, 0.1) is 29.1 Å². The molecule has 1 aromatic rings. The maximum atomic E-state index is 13.1. The van der Waals surface area contributed by atoms with Gasteiger partial charge in [-0.1, -0.05) is 0 Å². The van der Waals surface area contributed by atoms with Gasteiger partial charge in [0.1, 0.15) is 0 Å². The molecule has 0 spiro atoms. The summed E-state index contributed by atoms with van der Waals surface area (Å²) in [5, 5.41) is 0.